The highest BCUT2D eigenvalue weighted by atomic mass is 32.2. The Hall–Kier alpha value is -2.28. The Morgan fingerprint density at radius 3 is 2.38 bits per heavy atom. The standard InChI is InChI=1S/C19H24N6S/c1-14(5-9-18-21-11-17(26-3)12-22-18)4-7-16-8-6-15(10-20-16)19-23-13-25(2)24-19/h6,8,10-14H,4-5,7,9H2,1-3H3. The molecule has 0 saturated carbocycles. The Labute approximate surface area is 158 Å². The summed E-state index contributed by atoms with van der Waals surface area (Å²) in [7, 11) is 1.86. The van der Waals surface area contributed by atoms with Gasteiger partial charge in [0.2, 0.25) is 0 Å². The molecule has 7 heteroatoms. The fraction of sp³-hybridized carbons (Fsp3) is 0.421. The summed E-state index contributed by atoms with van der Waals surface area (Å²) in [5, 5.41) is 4.30. The molecule has 0 fully saturated rings. The van der Waals surface area contributed by atoms with Crippen LogP contribution in [0.3, 0.4) is 0 Å². The van der Waals surface area contributed by atoms with Crippen molar-refractivity contribution in [3.05, 3.63) is 48.6 Å². The lowest BCUT2D eigenvalue weighted by Crippen LogP contribution is -2.03. The summed E-state index contributed by atoms with van der Waals surface area (Å²) in [5.74, 6) is 2.25. The van der Waals surface area contributed by atoms with Gasteiger partial charge in [0.1, 0.15) is 12.2 Å². The summed E-state index contributed by atoms with van der Waals surface area (Å²) < 4.78 is 1.70. The Kier molecular flexibility index (Phi) is 6.33. The summed E-state index contributed by atoms with van der Waals surface area (Å²) in [6.07, 6.45) is 13.5. The van der Waals surface area contributed by atoms with Gasteiger partial charge >= 0.3 is 0 Å². The molecule has 0 saturated heterocycles. The van der Waals surface area contributed by atoms with Gasteiger partial charge in [-0.2, -0.15) is 5.10 Å². The molecule has 0 aliphatic carbocycles. The molecule has 0 aromatic carbocycles. The van der Waals surface area contributed by atoms with Gasteiger partial charge in [-0.05, 0) is 43.6 Å². The predicted octanol–water partition coefficient (Wildman–Crippen LogP) is 3.59. The van der Waals surface area contributed by atoms with Gasteiger partial charge in [-0.15, -0.1) is 11.8 Å². The monoisotopic (exact) mass is 368 g/mol. The molecule has 0 N–H and O–H groups in total. The molecule has 3 aromatic heterocycles. The molecule has 6 nitrogen and oxygen atoms in total. The third-order valence-corrected chi connectivity index (χ3v) is 5.04. The largest absolute Gasteiger partial charge is 0.261 e. The van der Waals surface area contributed by atoms with Crippen molar-refractivity contribution in [1.29, 1.82) is 0 Å². The quantitative estimate of drug-likeness (QED) is 0.566. The summed E-state index contributed by atoms with van der Waals surface area (Å²) in [4.78, 5) is 18.8. The molecule has 0 spiro atoms. The van der Waals surface area contributed by atoms with Crippen LogP contribution in [0.15, 0.2) is 41.9 Å². The van der Waals surface area contributed by atoms with Crippen molar-refractivity contribution in [3.63, 3.8) is 0 Å². The molecular weight excluding hydrogens is 344 g/mol. The van der Waals surface area contributed by atoms with E-state index in [0.717, 1.165) is 47.7 Å². The number of thioether (sulfide) groups is 1. The maximum Gasteiger partial charge on any atom is 0.182 e. The highest BCUT2D eigenvalue weighted by Gasteiger charge is 2.08. The van der Waals surface area contributed by atoms with Crippen LogP contribution >= 0.6 is 11.8 Å². The SMILES string of the molecule is CSc1cnc(CCC(C)CCc2ccc(-c3ncn(C)n3)cn2)nc1. The molecule has 0 bridgehead atoms. The fourth-order valence-electron chi connectivity index (χ4n) is 2.67. The number of hydrogen-bond donors (Lipinski definition) is 0. The van der Waals surface area contributed by atoms with E-state index in [-0.39, 0.29) is 0 Å². The minimum absolute atomic E-state index is 0.609. The zero-order valence-corrected chi connectivity index (χ0v) is 16.3. The number of aromatic nitrogens is 6. The van der Waals surface area contributed by atoms with Gasteiger partial charge in [-0.1, -0.05) is 6.92 Å². The zero-order valence-electron chi connectivity index (χ0n) is 15.5. The van der Waals surface area contributed by atoms with E-state index in [9.17, 15) is 0 Å². The van der Waals surface area contributed by atoms with Crippen molar-refractivity contribution >= 4 is 11.8 Å². The van der Waals surface area contributed by atoms with Crippen LogP contribution in [-0.2, 0) is 19.9 Å². The normalized spacial score (nSPS) is 12.3. The van der Waals surface area contributed by atoms with Crippen molar-refractivity contribution in [2.75, 3.05) is 6.26 Å². The molecule has 3 rings (SSSR count). The van der Waals surface area contributed by atoms with Crippen molar-refractivity contribution in [2.45, 2.75) is 37.5 Å². The molecule has 26 heavy (non-hydrogen) atoms. The van der Waals surface area contributed by atoms with Gasteiger partial charge in [0, 0.05) is 48.2 Å². The van der Waals surface area contributed by atoms with E-state index in [4.69, 9.17) is 0 Å². The van der Waals surface area contributed by atoms with Gasteiger partial charge < -0.3 is 0 Å². The minimum atomic E-state index is 0.609. The Morgan fingerprint density at radius 1 is 1.00 bits per heavy atom. The van der Waals surface area contributed by atoms with Crippen molar-refractivity contribution in [2.24, 2.45) is 13.0 Å². The van der Waals surface area contributed by atoms with E-state index in [1.54, 1.807) is 22.8 Å². The lowest BCUT2D eigenvalue weighted by Gasteiger charge is -2.10. The van der Waals surface area contributed by atoms with E-state index in [1.165, 1.54) is 0 Å². The van der Waals surface area contributed by atoms with Crippen LogP contribution in [0.25, 0.3) is 11.4 Å². The third kappa shape index (κ3) is 5.11. The second-order valence-corrected chi connectivity index (χ2v) is 7.38. The first-order valence-corrected chi connectivity index (χ1v) is 10.0. The molecule has 0 aliphatic rings. The second kappa shape index (κ2) is 8.89. The van der Waals surface area contributed by atoms with Crippen LogP contribution in [0.4, 0.5) is 0 Å². The van der Waals surface area contributed by atoms with Crippen LogP contribution in [0.5, 0.6) is 0 Å². The zero-order chi connectivity index (χ0) is 18.4. The van der Waals surface area contributed by atoms with Crippen molar-refractivity contribution < 1.29 is 0 Å². The van der Waals surface area contributed by atoms with E-state index in [0.29, 0.717) is 11.7 Å². The minimum Gasteiger partial charge on any atom is -0.261 e. The van der Waals surface area contributed by atoms with Crippen LogP contribution in [0.1, 0.15) is 31.3 Å². The summed E-state index contributed by atoms with van der Waals surface area (Å²) >= 11 is 1.67. The lowest BCUT2D eigenvalue weighted by molar-refractivity contribution is 0.484. The second-order valence-electron chi connectivity index (χ2n) is 6.50. The van der Waals surface area contributed by atoms with E-state index in [2.05, 4.69) is 38.0 Å². The first-order chi connectivity index (χ1) is 12.6. The molecule has 0 radical (unpaired) electrons. The van der Waals surface area contributed by atoms with Gasteiger partial charge in [0.05, 0.1) is 0 Å². The number of hydrogen-bond acceptors (Lipinski definition) is 6. The molecule has 3 aromatic rings. The fourth-order valence-corrected chi connectivity index (χ4v) is 2.98. The highest BCUT2D eigenvalue weighted by Crippen LogP contribution is 2.17. The van der Waals surface area contributed by atoms with Gasteiger partial charge in [-0.25, -0.2) is 15.0 Å². The van der Waals surface area contributed by atoms with Crippen LogP contribution in [0, 0.1) is 5.92 Å². The Bertz CT molecular complexity index is 813. The molecular formula is C19H24N6S. The predicted molar refractivity (Wildman–Crippen MR) is 104 cm³/mol. The van der Waals surface area contributed by atoms with Gasteiger partial charge in [-0.3, -0.25) is 9.67 Å². The third-order valence-electron chi connectivity index (χ3n) is 4.35. The first-order valence-electron chi connectivity index (χ1n) is 8.80. The van der Waals surface area contributed by atoms with Crippen molar-refractivity contribution in [1.82, 2.24) is 29.7 Å². The molecule has 1 unspecified atom stereocenters. The smallest absolute Gasteiger partial charge is 0.182 e. The van der Waals surface area contributed by atoms with E-state index >= 15 is 0 Å². The number of rotatable bonds is 8. The number of nitrogens with zero attached hydrogens (tertiary/aromatic N) is 6. The molecule has 136 valence electrons. The van der Waals surface area contributed by atoms with Gasteiger partial charge in [0.25, 0.3) is 0 Å². The lowest BCUT2D eigenvalue weighted by atomic mass is 9.98. The molecule has 0 aliphatic heterocycles. The average Bonchev–Trinajstić information content (AvgIpc) is 3.12. The molecule has 3 heterocycles. The van der Waals surface area contributed by atoms with Crippen LogP contribution < -0.4 is 0 Å². The maximum absolute atomic E-state index is 4.56. The van der Waals surface area contributed by atoms with Crippen LogP contribution in [-0.4, -0.2) is 36.0 Å². The topological polar surface area (TPSA) is 69.4 Å². The summed E-state index contributed by atoms with van der Waals surface area (Å²) in [5.41, 5.74) is 2.06. The highest BCUT2D eigenvalue weighted by molar-refractivity contribution is 7.98. The molecule has 1 atom stereocenters. The first kappa shape index (κ1) is 18.5. The van der Waals surface area contributed by atoms with Gasteiger partial charge in [0.15, 0.2) is 5.82 Å². The Morgan fingerprint density at radius 2 is 1.77 bits per heavy atom. The molecule has 0 amide bonds. The average molecular weight is 369 g/mol. The number of aryl methyl sites for hydroxylation is 3. The maximum atomic E-state index is 4.56. The van der Waals surface area contributed by atoms with Crippen molar-refractivity contribution in [3.8, 4) is 11.4 Å². The number of pyridine rings is 1. The summed E-state index contributed by atoms with van der Waals surface area (Å²) in [6, 6.07) is 4.12. The van der Waals surface area contributed by atoms with Crippen LogP contribution in [0.2, 0.25) is 0 Å². The van der Waals surface area contributed by atoms with E-state index < -0.39 is 0 Å². The van der Waals surface area contributed by atoms with E-state index in [1.807, 2.05) is 38.0 Å². The summed E-state index contributed by atoms with van der Waals surface area (Å²) in [6.45, 7) is 2.28. The Balaban J connectivity index is 1.45.